The first-order valence-corrected chi connectivity index (χ1v) is 11.8. The monoisotopic (exact) mass is 543 g/mol. The lowest BCUT2D eigenvalue weighted by Crippen LogP contribution is -2.30. The molecule has 1 saturated heterocycles. The van der Waals surface area contributed by atoms with Crippen molar-refractivity contribution in [3.8, 4) is 11.5 Å². The van der Waals surface area contributed by atoms with Gasteiger partial charge in [0.05, 0.1) is 17.3 Å². The van der Waals surface area contributed by atoms with E-state index < -0.39 is 23.7 Å². The Balaban J connectivity index is 1.51. The quantitative estimate of drug-likeness (QED) is 0.283. The van der Waals surface area contributed by atoms with Gasteiger partial charge in [0.2, 0.25) is 0 Å². The van der Waals surface area contributed by atoms with Crippen LogP contribution in [-0.4, -0.2) is 31.1 Å². The van der Waals surface area contributed by atoms with Crippen LogP contribution in [0.3, 0.4) is 0 Å². The molecular weight excluding hydrogens is 524 g/mol. The largest absolute Gasteiger partial charge is 0.490 e. The molecule has 1 aliphatic rings. The Kier molecular flexibility index (Phi) is 7.95. The normalized spacial score (nSPS) is 14.1. The van der Waals surface area contributed by atoms with Gasteiger partial charge in [-0.3, -0.25) is 9.59 Å². The average Bonchev–Trinajstić information content (AvgIpc) is 3.13. The van der Waals surface area contributed by atoms with Crippen LogP contribution in [0.15, 0.2) is 66.4 Å². The maximum absolute atomic E-state index is 13.1. The maximum Gasteiger partial charge on any atom is 0.333 e. The maximum atomic E-state index is 13.1. The van der Waals surface area contributed by atoms with Crippen LogP contribution >= 0.6 is 23.2 Å². The third-order valence-corrected chi connectivity index (χ3v) is 5.61. The molecule has 37 heavy (non-hydrogen) atoms. The number of halogens is 3. The van der Waals surface area contributed by atoms with Crippen LogP contribution in [0, 0.1) is 5.82 Å². The number of imide groups is 1. The molecule has 4 amide bonds. The van der Waals surface area contributed by atoms with E-state index in [0.29, 0.717) is 22.0 Å². The molecule has 1 fully saturated rings. The van der Waals surface area contributed by atoms with Gasteiger partial charge in [-0.2, -0.15) is 0 Å². The van der Waals surface area contributed by atoms with Gasteiger partial charge in [0.15, 0.2) is 18.1 Å². The molecule has 0 aromatic heterocycles. The Morgan fingerprint density at radius 3 is 2.43 bits per heavy atom. The van der Waals surface area contributed by atoms with Crippen molar-refractivity contribution < 1.29 is 28.2 Å². The Labute approximate surface area is 221 Å². The van der Waals surface area contributed by atoms with Crippen molar-refractivity contribution in [2.24, 2.45) is 0 Å². The molecule has 3 aromatic carbocycles. The van der Waals surface area contributed by atoms with Crippen molar-refractivity contribution in [2.45, 2.75) is 6.92 Å². The summed E-state index contributed by atoms with van der Waals surface area (Å²) in [6, 6.07) is 14.0. The predicted octanol–water partition coefficient (Wildman–Crippen LogP) is 5.65. The van der Waals surface area contributed by atoms with Crippen molar-refractivity contribution in [3.63, 3.8) is 0 Å². The van der Waals surface area contributed by atoms with E-state index in [1.54, 1.807) is 37.3 Å². The van der Waals surface area contributed by atoms with Crippen LogP contribution in [0.25, 0.3) is 6.08 Å². The highest BCUT2D eigenvalue weighted by Crippen LogP contribution is 2.37. The number of carbonyl (C=O) groups is 3. The first-order chi connectivity index (χ1) is 17.7. The lowest BCUT2D eigenvalue weighted by molar-refractivity contribution is -0.118. The van der Waals surface area contributed by atoms with Gasteiger partial charge in [-0.05, 0) is 79.2 Å². The van der Waals surface area contributed by atoms with Crippen LogP contribution < -0.4 is 25.0 Å². The highest BCUT2D eigenvalue weighted by molar-refractivity contribution is 6.33. The summed E-state index contributed by atoms with van der Waals surface area (Å²) in [5, 5.41) is 5.72. The number of benzene rings is 3. The van der Waals surface area contributed by atoms with E-state index in [2.05, 4.69) is 10.6 Å². The number of nitrogens with zero attached hydrogens (tertiary/aromatic N) is 1. The zero-order valence-corrected chi connectivity index (χ0v) is 20.9. The van der Waals surface area contributed by atoms with Gasteiger partial charge in [0, 0.05) is 10.7 Å². The first kappa shape index (κ1) is 26.0. The molecule has 1 aliphatic heterocycles. The fourth-order valence-electron chi connectivity index (χ4n) is 3.47. The van der Waals surface area contributed by atoms with Gasteiger partial charge < -0.3 is 20.1 Å². The second kappa shape index (κ2) is 11.3. The molecule has 3 aromatic rings. The van der Waals surface area contributed by atoms with E-state index in [4.69, 9.17) is 32.7 Å². The molecule has 0 bridgehead atoms. The number of urea groups is 1. The molecule has 1 heterocycles. The van der Waals surface area contributed by atoms with Gasteiger partial charge in [0.1, 0.15) is 11.5 Å². The van der Waals surface area contributed by atoms with Gasteiger partial charge in [-0.15, -0.1) is 0 Å². The average molecular weight is 544 g/mol. The summed E-state index contributed by atoms with van der Waals surface area (Å²) in [5.41, 5.74) is 1.26. The van der Waals surface area contributed by atoms with Crippen LogP contribution in [0.1, 0.15) is 12.5 Å². The van der Waals surface area contributed by atoms with Crippen LogP contribution in [0.5, 0.6) is 11.5 Å². The minimum absolute atomic E-state index is 0.0332. The summed E-state index contributed by atoms with van der Waals surface area (Å²) in [5.74, 6) is -1.10. The topological polar surface area (TPSA) is 97.0 Å². The highest BCUT2D eigenvalue weighted by Gasteiger charge is 2.35. The van der Waals surface area contributed by atoms with E-state index in [-0.39, 0.29) is 35.4 Å². The Morgan fingerprint density at radius 2 is 1.76 bits per heavy atom. The third-order valence-electron chi connectivity index (χ3n) is 5.08. The zero-order chi connectivity index (χ0) is 26.5. The van der Waals surface area contributed by atoms with E-state index in [9.17, 15) is 18.8 Å². The Morgan fingerprint density at radius 1 is 1.05 bits per heavy atom. The molecule has 0 atom stereocenters. The summed E-state index contributed by atoms with van der Waals surface area (Å²) in [6.07, 6.45) is 1.45. The number of carbonyl (C=O) groups excluding carboxylic acids is 3. The summed E-state index contributed by atoms with van der Waals surface area (Å²) in [7, 11) is 0. The first-order valence-electron chi connectivity index (χ1n) is 11.0. The van der Waals surface area contributed by atoms with Crippen molar-refractivity contribution in [3.05, 3.63) is 87.8 Å². The standard InChI is InChI=1S/C26H20Cl2FN3O5/c1-2-36-22-13-15(12-21-25(34)32(26(35)31-21)19-9-3-16(27)4-10-19)11-20(28)24(22)37-14-23(33)30-18-7-5-17(29)6-8-18/h3-13H,2,14H2,1H3,(H,30,33)(H,31,35)/b21-12+. The van der Waals surface area contributed by atoms with Crippen LogP contribution in [0.4, 0.5) is 20.6 Å². The fourth-order valence-corrected chi connectivity index (χ4v) is 3.87. The molecule has 0 aliphatic carbocycles. The molecule has 0 saturated carbocycles. The molecule has 11 heteroatoms. The molecule has 190 valence electrons. The summed E-state index contributed by atoms with van der Waals surface area (Å²) in [4.78, 5) is 38.6. The number of anilines is 2. The lowest BCUT2D eigenvalue weighted by Gasteiger charge is -2.15. The van der Waals surface area contributed by atoms with E-state index >= 15 is 0 Å². The van der Waals surface area contributed by atoms with Crippen LogP contribution in [0.2, 0.25) is 10.0 Å². The zero-order valence-electron chi connectivity index (χ0n) is 19.4. The molecular formula is C26H20Cl2FN3O5. The van der Waals surface area contributed by atoms with Gasteiger partial charge in [-0.1, -0.05) is 23.2 Å². The summed E-state index contributed by atoms with van der Waals surface area (Å²) >= 11 is 12.3. The van der Waals surface area contributed by atoms with E-state index in [1.165, 1.54) is 36.4 Å². The van der Waals surface area contributed by atoms with Crippen molar-refractivity contribution in [1.82, 2.24) is 5.32 Å². The number of amides is 4. The molecule has 2 N–H and O–H groups in total. The van der Waals surface area contributed by atoms with Crippen LogP contribution in [-0.2, 0) is 9.59 Å². The second-order valence-electron chi connectivity index (χ2n) is 7.71. The van der Waals surface area contributed by atoms with Gasteiger partial charge in [0.25, 0.3) is 11.8 Å². The van der Waals surface area contributed by atoms with E-state index in [0.717, 1.165) is 4.90 Å². The van der Waals surface area contributed by atoms with Crippen molar-refractivity contribution in [2.75, 3.05) is 23.4 Å². The second-order valence-corrected chi connectivity index (χ2v) is 8.56. The van der Waals surface area contributed by atoms with E-state index in [1.807, 2.05) is 0 Å². The fraction of sp³-hybridized carbons (Fsp3) is 0.115. The predicted molar refractivity (Wildman–Crippen MR) is 139 cm³/mol. The molecule has 8 nitrogen and oxygen atoms in total. The molecule has 4 rings (SSSR count). The number of hydrogen-bond donors (Lipinski definition) is 2. The molecule has 0 spiro atoms. The van der Waals surface area contributed by atoms with Gasteiger partial charge >= 0.3 is 6.03 Å². The van der Waals surface area contributed by atoms with Crippen molar-refractivity contribution in [1.29, 1.82) is 0 Å². The third kappa shape index (κ3) is 6.19. The smallest absolute Gasteiger partial charge is 0.333 e. The number of nitrogens with one attached hydrogen (secondary N) is 2. The summed E-state index contributed by atoms with van der Waals surface area (Å²) in [6.45, 7) is 1.64. The number of ether oxygens (including phenoxy) is 2. The molecule has 0 unspecified atom stereocenters. The number of hydrogen-bond acceptors (Lipinski definition) is 5. The van der Waals surface area contributed by atoms with Crippen molar-refractivity contribution >= 4 is 58.5 Å². The van der Waals surface area contributed by atoms with Gasteiger partial charge in [-0.25, -0.2) is 14.1 Å². The lowest BCUT2D eigenvalue weighted by atomic mass is 10.1. The number of rotatable bonds is 8. The Hall–Kier alpha value is -4.08. The Bertz CT molecular complexity index is 1380. The highest BCUT2D eigenvalue weighted by atomic mass is 35.5. The molecule has 0 radical (unpaired) electrons. The minimum atomic E-state index is -0.609. The minimum Gasteiger partial charge on any atom is -0.490 e. The summed E-state index contributed by atoms with van der Waals surface area (Å²) < 4.78 is 24.3. The SMILES string of the molecule is CCOc1cc(/C=C2/NC(=O)N(c3ccc(Cl)cc3)C2=O)cc(Cl)c1OCC(=O)Nc1ccc(F)cc1.